The van der Waals surface area contributed by atoms with Gasteiger partial charge in [-0.3, -0.25) is 4.79 Å². The van der Waals surface area contributed by atoms with Crippen molar-refractivity contribution in [2.24, 2.45) is 5.92 Å². The molecule has 1 unspecified atom stereocenters. The highest BCUT2D eigenvalue weighted by molar-refractivity contribution is 6.30. The van der Waals surface area contributed by atoms with Crippen molar-refractivity contribution in [3.8, 4) is 5.75 Å². The Bertz CT molecular complexity index is 468. The highest BCUT2D eigenvalue weighted by Gasteiger charge is 2.23. The average molecular weight is 269 g/mol. The predicted molar refractivity (Wildman–Crippen MR) is 70.2 cm³/mol. The third-order valence-electron chi connectivity index (χ3n) is 3.15. The Labute approximate surface area is 112 Å². The number of carbonyl (C=O) groups excluding carboxylic acids is 1. The minimum atomic E-state index is -0.930. The second-order valence-electron chi connectivity index (χ2n) is 4.98. The van der Waals surface area contributed by atoms with Gasteiger partial charge < -0.3 is 9.84 Å². The van der Waals surface area contributed by atoms with Crippen LogP contribution in [0.1, 0.15) is 25.0 Å². The molecule has 1 aliphatic rings. The molecule has 1 aromatic rings. The molecule has 1 aliphatic heterocycles. The molecule has 0 aromatic heterocycles. The molecule has 98 valence electrons. The lowest BCUT2D eigenvalue weighted by Gasteiger charge is -2.14. The van der Waals surface area contributed by atoms with E-state index in [0.29, 0.717) is 11.6 Å². The molecule has 0 bridgehead atoms. The number of fused-ring (bicyclic) bond motifs is 1. The molecule has 4 heteroatoms. The van der Waals surface area contributed by atoms with Crippen LogP contribution in [0.25, 0.3) is 0 Å². The lowest BCUT2D eigenvalue weighted by molar-refractivity contribution is -0.128. The maximum Gasteiger partial charge on any atom is 0.166 e. The fourth-order valence-electron chi connectivity index (χ4n) is 2.14. The number of aliphatic hydroxyl groups is 1. The zero-order valence-corrected chi connectivity index (χ0v) is 11.3. The zero-order chi connectivity index (χ0) is 13.3. The van der Waals surface area contributed by atoms with Gasteiger partial charge in [-0.05, 0) is 23.6 Å². The van der Waals surface area contributed by atoms with E-state index < -0.39 is 6.10 Å². The van der Waals surface area contributed by atoms with Crippen molar-refractivity contribution in [3.05, 3.63) is 28.3 Å². The van der Waals surface area contributed by atoms with Gasteiger partial charge in [-0.15, -0.1) is 0 Å². The number of carbonyl (C=O) groups is 1. The van der Waals surface area contributed by atoms with Crippen LogP contribution in [0.15, 0.2) is 12.1 Å². The highest BCUT2D eigenvalue weighted by Crippen LogP contribution is 2.33. The van der Waals surface area contributed by atoms with Gasteiger partial charge in [-0.2, -0.15) is 0 Å². The number of hydrogen-bond acceptors (Lipinski definition) is 3. The number of aliphatic hydroxyl groups excluding tert-OH is 1. The normalized spacial score (nSPS) is 15.4. The summed E-state index contributed by atoms with van der Waals surface area (Å²) in [6, 6.07) is 3.62. The van der Waals surface area contributed by atoms with Gasteiger partial charge in [-0.25, -0.2) is 0 Å². The van der Waals surface area contributed by atoms with E-state index in [-0.39, 0.29) is 18.1 Å². The summed E-state index contributed by atoms with van der Waals surface area (Å²) in [7, 11) is 0. The van der Waals surface area contributed by atoms with Crippen LogP contribution < -0.4 is 4.74 Å². The molecule has 0 aliphatic carbocycles. The number of halogens is 1. The summed E-state index contributed by atoms with van der Waals surface area (Å²) in [6.45, 7) is 4.27. The van der Waals surface area contributed by atoms with Crippen LogP contribution in [-0.4, -0.2) is 23.6 Å². The van der Waals surface area contributed by atoms with E-state index >= 15 is 0 Å². The molecule has 18 heavy (non-hydrogen) atoms. The van der Waals surface area contributed by atoms with E-state index in [2.05, 4.69) is 0 Å². The average Bonchev–Trinajstić information content (AvgIpc) is 2.75. The van der Waals surface area contributed by atoms with Crippen LogP contribution in [-0.2, 0) is 17.6 Å². The van der Waals surface area contributed by atoms with Crippen LogP contribution >= 0.6 is 11.6 Å². The fourth-order valence-corrected chi connectivity index (χ4v) is 2.40. The summed E-state index contributed by atoms with van der Waals surface area (Å²) < 4.78 is 5.53. The number of ether oxygens (including phenoxy) is 1. The molecule has 0 saturated heterocycles. The van der Waals surface area contributed by atoms with Gasteiger partial charge in [0.1, 0.15) is 11.9 Å². The molecule has 0 saturated carbocycles. The third-order valence-corrected chi connectivity index (χ3v) is 3.37. The molecular weight excluding hydrogens is 252 g/mol. The lowest BCUT2D eigenvalue weighted by Crippen LogP contribution is -2.27. The van der Waals surface area contributed by atoms with E-state index in [4.69, 9.17) is 16.3 Å². The standard InChI is InChI=1S/C14H17ClO3/c1-8(2)13(17)12(16)7-10-6-11(15)5-9-3-4-18-14(9)10/h5-6,8,13,17H,3-4,7H2,1-2H3. The monoisotopic (exact) mass is 268 g/mol. The van der Waals surface area contributed by atoms with Crippen molar-refractivity contribution < 1.29 is 14.6 Å². The first-order valence-corrected chi connectivity index (χ1v) is 6.51. The molecule has 0 fully saturated rings. The third kappa shape index (κ3) is 2.68. The summed E-state index contributed by atoms with van der Waals surface area (Å²) in [4.78, 5) is 11.9. The Balaban J connectivity index is 2.22. The van der Waals surface area contributed by atoms with Gasteiger partial charge in [0.25, 0.3) is 0 Å². The van der Waals surface area contributed by atoms with Gasteiger partial charge in [0.2, 0.25) is 0 Å². The van der Waals surface area contributed by atoms with E-state index in [1.54, 1.807) is 6.07 Å². The quantitative estimate of drug-likeness (QED) is 0.912. The van der Waals surface area contributed by atoms with E-state index in [0.717, 1.165) is 23.3 Å². The highest BCUT2D eigenvalue weighted by atomic mass is 35.5. The zero-order valence-electron chi connectivity index (χ0n) is 10.6. The molecule has 1 atom stereocenters. The van der Waals surface area contributed by atoms with Gasteiger partial charge in [-0.1, -0.05) is 25.4 Å². The molecule has 2 rings (SSSR count). The first kappa shape index (κ1) is 13.4. The number of rotatable bonds is 4. The Morgan fingerprint density at radius 3 is 2.89 bits per heavy atom. The molecule has 1 heterocycles. The van der Waals surface area contributed by atoms with Crippen molar-refractivity contribution in [1.29, 1.82) is 0 Å². The van der Waals surface area contributed by atoms with Gasteiger partial charge in [0, 0.05) is 23.4 Å². The molecule has 1 N–H and O–H groups in total. The van der Waals surface area contributed by atoms with Crippen LogP contribution in [0.2, 0.25) is 5.02 Å². The first-order valence-electron chi connectivity index (χ1n) is 6.14. The van der Waals surface area contributed by atoms with Crippen molar-refractivity contribution >= 4 is 17.4 Å². The van der Waals surface area contributed by atoms with Gasteiger partial charge in [0.05, 0.1) is 6.61 Å². The maximum absolute atomic E-state index is 11.9. The molecule has 3 nitrogen and oxygen atoms in total. The summed E-state index contributed by atoms with van der Waals surface area (Å²) in [6.07, 6.45) is 0.0625. The van der Waals surface area contributed by atoms with Gasteiger partial charge in [0.15, 0.2) is 5.78 Å². The molecule has 0 spiro atoms. The molecular formula is C14H17ClO3. The Morgan fingerprint density at radius 1 is 1.50 bits per heavy atom. The number of hydrogen-bond donors (Lipinski definition) is 1. The lowest BCUT2D eigenvalue weighted by atomic mass is 9.96. The topological polar surface area (TPSA) is 46.5 Å². The van der Waals surface area contributed by atoms with Crippen molar-refractivity contribution in [3.63, 3.8) is 0 Å². The first-order chi connectivity index (χ1) is 8.49. The molecule has 0 radical (unpaired) electrons. The Kier molecular flexibility index (Phi) is 3.93. The summed E-state index contributed by atoms with van der Waals surface area (Å²) in [5.74, 6) is 0.499. The number of Topliss-reactive ketones (excluding diaryl/α,β-unsaturated/α-hetero) is 1. The fraction of sp³-hybridized carbons (Fsp3) is 0.500. The Morgan fingerprint density at radius 2 is 2.22 bits per heavy atom. The minimum absolute atomic E-state index is 0.0781. The van der Waals surface area contributed by atoms with E-state index in [1.165, 1.54) is 0 Å². The minimum Gasteiger partial charge on any atom is -0.493 e. The Hall–Kier alpha value is -1.06. The summed E-state index contributed by atoms with van der Waals surface area (Å²) >= 11 is 6.02. The van der Waals surface area contributed by atoms with Crippen LogP contribution in [0, 0.1) is 5.92 Å². The van der Waals surface area contributed by atoms with Crippen molar-refractivity contribution in [2.75, 3.05) is 6.61 Å². The summed E-state index contributed by atoms with van der Waals surface area (Å²) in [5.41, 5.74) is 1.82. The van der Waals surface area contributed by atoms with Crippen LogP contribution in [0.3, 0.4) is 0 Å². The molecule has 1 aromatic carbocycles. The smallest absolute Gasteiger partial charge is 0.166 e. The number of ketones is 1. The van der Waals surface area contributed by atoms with Gasteiger partial charge >= 0.3 is 0 Å². The maximum atomic E-state index is 11.9. The molecule has 0 amide bonds. The van der Waals surface area contributed by atoms with E-state index in [1.807, 2.05) is 19.9 Å². The predicted octanol–water partition coefficient (Wildman–Crippen LogP) is 2.40. The van der Waals surface area contributed by atoms with Crippen molar-refractivity contribution in [2.45, 2.75) is 32.8 Å². The second-order valence-corrected chi connectivity index (χ2v) is 5.42. The second kappa shape index (κ2) is 5.29. The van der Waals surface area contributed by atoms with Crippen LogP contribution in [0.4, 0.5) is 0 Å². The largest absolute Gasteiger partial charge is 0.493 e. The van der Waals surface area contributed by atoms with Crippen molar-refractivity contribution in [1.82, 2.24) is 0 Å². The van der Waals surface area contributed by atoms with E-state index in [9.17, 15) is 9.90 Å². The number of benzene rings is 1. The SMILES string of the molecule is CC(C)C(O)C(=O)Cc1cc(Cl)cc2c1OCC2. The summed E-state index contributed by atoms with van der Waals surface area (Å²) in [5, 5.41) is 10.4. The van der Waals surface area contributed by atoms with Crippen LogP contribution in [0.5, 0.6) is 5.75 Å².